The minimum atomic E-state index is -0.425. The van der Waals surface area contributed by atoms with E-state index in [0.29, 0.717) is 16.7 Å². The van der Waals surface area contributed by atoms with Crippen LogP contribution in [0.25, 0.3) is 11.3 Å². The van der Waals surface area contributed by atoms with Crippen LogP contribution in [-0.4, -0.2) is 28.0 Å². The van der Waals surface area contributed by atoms with Crippen LogP contribution in [0.3, 0.4) is 0 Å². The van der Waals surface area contributed by atoms with E-state index in [0.717, 1.165) is 32.8 Å². The Labute approximate surface area is 169 Å². The summed E-state index contributed by atoms with van der Waals surface area (Å²) in [7, 11) is 1.64. The average molecular weight is 445 g/mol. The lowest BCUT2D eigenvalue weighted by Crippen LogP contribution is -2.17. The largest absolute Gasteiger partial charge is 0.496 e. The molecule has 0 fully saturated rings. The van der Waals surface area contributed by atoms with E-state index < -0.39 is 6.23 Å². The van der Waals surface area contributed by atoms with Crippen LogP contribution in [0, 0.1) is 0 Å². The molecule has 4 rings (SSSR count). The highest BCUT2D eigenvalue weighted by molar-refractivity contribution is 9.10. The summed E-state index contributed by atoms with van der Waals surface area (Å²) in [6.07, 6.45) is -0.425. The van der Waals surface area contributed by atoms with Crippen LogP contribution < -0.4 is 14.8 Å². The predicted octanol–water partition coefficient (Wildman–Crippen LogP) is 4.92. The van der Waals surface area contributed by atoms with Crippen LogP contribution in [0.2, 0.25) is 0 Å². The lowest BCUT2D eigenvalue weighted by Gasteiger charge is -2.20. The number of halogens is 1. The van der Waals surface area contributed by atoms with Gasteiger partial charge in [-0.3, -0.25) is 0 Å². The Morgan fingerprint density at radius 3 is 2.85 bits per heavy atom. The van der Waals surface area contributed by atoms with Gasteiger partial charge in [-0.2, -0.15) is 4.98 Å². The van der Waals surface area contributed by atoms with Crippen molar-refractivity contribution in [1.29, 1.82) is 0 Å². The normalized spacial score (nSPS) is 15.0. The van der Waals surface area contributed by atoms with E-state index in [2.05, 4.69) is 43.4 Å². The van der Waals surface area contributed by atoms with Gasteiger partial charge in [-0.1, -0.05) is 36.9 Å². The van der Waals surface area contributed by atoms with E-state index >= 15 is 0 Å². The monoisotopic (exact) mass is 444 g/mol. The molecule has 0 amide bonds. The van der Waals surface area contributed by atoms with Gasteiger partial charge in [0.2, 0.25) is 11.0 Å². The molecule has 27 heavy (non-hydrogen) atoms. The lowest BCUT2D eigenvalue weighted by atomic mass is 10.1. The molecule has 1 aliphatic heterocycles. The molecule has 138 valence electrons. The fourth-order valence-electron chi connectivity index (χ4n) is 2.83. The fraction of sp³-hybridized carbons (Fsp3) is 0.211. The van der Waals surface area contributed by atoms with Crippen LogP contribution in [0.15, 0.2) is 52.1 Å². The van der Waals surface area contributed by atoms with Gasteiger partial charge in [0, 0.05) is 16.8 Å². The minimum absolute atomic E-state index is 0.425. The first-order chi connectivity index (χ1) is 13.2. The van der Waals surface area contributed by atoms with Gasteiger partial charge in [-0.25, -0.2) is 0 Å². The Morgan fingerprint density at radius 1 is 1.22 bits per heavy atom. The lowest BCUT2D eigenvalue weighted by molar-refractivity contribution is 0.225. The van der Waals surface area contributed by atoms with E-state index in [1.807, 2.05) is 42.5 Å². The van der Waals surface area contributed by atoms with Crippen LogP contribution in [0.1, 0.15) is 18.7 Å². The first-order valence-corrected chi connectivity index (χ1v) is 10.2. The summed E-state index contributed by atoms with van der Waals surface area (Å²) in [6, 6.07) is 13.8. The zero-order chi connectivity index (χ0) is 18.8. The molecule has 1 aliphatic rings. The number of anilines is 1. The minimum Gasteiger partial charge on any atom is -0.496 e. The highest BCUT2D eigenvalue weighted by atomic mass is 79.9. The van der Waals surface area contributed by atoms with Gasteiger partial charge in [-0.15, -0.1) is 10.2 Å². The smallest absolute Gasteiger partial charge is 0.247 e. The molecule has 0 aliphatic carbocycles. The second kappa shape index (κ2) is 7.74. The Kier molecular flexibility index (Phi) is 5.18. The number of nitrogens with zero attached hydrogens (tertiary/aromatic N) is 3. The van der Waals surface area contributed by atoms with Gasteiger partial charge in [0.05, 0.1) is 11.6 Å². The molecule has 2 heterocycles. The molecule has 0 radical (unpaired) electrons. The molecular weight excluding hydrogens is 428 g/mol. The number of nitrogens with one attached hydrogen (secondary N) is 1. The summed E-state index contributed by atoms with van der Waals surface area (Å²) in [6.45, 7) is 2.05. The molecule has 0 bridgehead atoms. The first-order valence-electron chi connectivity index (χ1n) is 8.43. The maximum absolute atomic E-state index is 6.24. The summed E-state index contributed by atoms with van der Waals surface area (Å²) in [5, 5.41) is 12.7. The second-order valence-electron chi connectivity index (χ2n) is 5.76. The van der Waals surface area contributed by atoms with Crippen molar-refractivity contribution >= 4 is 33.4 Å². The van der Waals surface area contributed by atoms with Gasteiger partial charge < -0.3 is 14.8 Å². The molecule has 8 heteroatoms. The van der Waals surface area contributed by atoms with Crippen LogP contribution >= 0.6 is 27.7 Å². The van der Waals surface area contributed by atoms with Crippen LogP contribution in [-0.2, 0) is 0 Å². The van der Waals surface area contributed by atoms with Gasteiger partial charge in [0.1, 0.15) is 5.75 Å². The molecule has 2 aromatic carbocycles. The standard InChI is InChI=1S/C19H17BrN4O2S/c1-3-27-19-22-18-16(23-24-19)12-6-4-5-7-14(12)21-17(26-18)11-8-9-15(25-2)13(20)10-11/h4-10,17,21H,3H2,1-2H3. The highest BCUT2D eigenvalue weighted by Gasteiger charge is 2.26. The van der Waals surface area contributed by atoms with Crippen molar-refractivity contribution in [3.63, 3.8) is 0 Å². The number of fused-ring (bicyclic) bond motifs is 3. The molecule has 1 atom stereocenters. The van der Waals surface area contributed by atoms with E-state index in [4.69, 9.17) is 9.47 Å². The molecular formula is C19H17BrN4O2S. The van der Waals surface area contributed by atoms with E-state index in [9.17, 15) is 0 Å². The predicted molar refractivity (Wildman–Crippen MR) is 109 cm³/mol. The van der Waals surface area contributed by atoms with Gasteiger partial charge >= 0.3 is 0 Å². The maximum Gasteiger partial charge on any atom is 0.247 e. The number of rotatable bonds is 4. The summed E-state index contributed by atoms with van der Waals surface area (Å²) < 4.78 is 12.4. The number of thioether (sulfide) groups is 1. The average Bonchev–Trinajstić information content (AvgIpc) is 2.84. The van der Waals surface area contributed by atoms with Crippen molar-refractivity contribution in [3.8, 4) is 22.9 Å². The van der Waals surface area contributed by atoms with Crippen molar-refractivity contribution in [3.05, 3.63) is 52.5 Å². The van der Waals surface area contributed by atoms with Crippen LogP contribution in [0.4, 0.5) is 5.69 Å². The molecule has 6 nitrogen and oxygen atoms in total. The van der Waals surface area contributed by atoms with Crippen molar-refractivity contribution < 1.29 is 9.47 Å². The van der Waals surface area contributed by atoms with Gasteiger partial charge in [-0.05, 0) is 45.9 Å². The maximum atomic E-state index is 6.24. The number of hydrogen-bond donors (Lipinski definition) is 1. The third-order valence-corrected chi connectivity index (χ3v) is 5.43. The van der Waals surface area contributed by atoms with Gasteiger partial charge in [0.15, 0.2) is 11.9 Å². The molecule has 1 aromatic heterocycles. The molecule has 1 unspecified atom stereocenters. The van der Waals surface area contributed by atoms with E-state index in [1.165, 1.54) is 11.8 Å². The zero-order valence-corrected chi connectivity index (χ0v) is 17.2. The zero-order valence-electron chi connectivity index (χ0n) is 14.8. The van der Waals surface area contributed by atoms with Crippen molar-refractivity contribution in [2.24, 2.45) is 0 Å². The number of benzene rings is 2. The SMILES string of the molecule is CCSc1nnc2c(n1)OC(c1ccc(OC)c(Br)c1)Nc1ccccc1-2. The number of aromatic nitrogens is 3. The molecule has 1 N–H and O–H groups in total. The third kappa shape index (κ3) is 3.59. The summed E-state index contributed by atoms with van der Waals surface area (Å²) in [4.78, 5) is 4.58. The van der Waals surface area contributed by atoms with E-state index in [-0.39, 0.29) is 0 Å². The molecule has 0 spiro atoms. The van der Waals surface area contributed by atoms with Gasteiger partial charge in [0.25, 0.3) is 0 Å². The van der Waals surface area contributed by atoms with E-state index in [1.54, 1.807) is 7.11 Å². The molecule has 0 saturated heterocycles. The molecule has 3 aromatic rings. The van der Waals surface area contributed by atoms with Crippen molar-refractivity contribution in [1.82, 2.24) is 15.2 Å². The number of hydrogen-bond acceptors (Lipinski definition) is 7. The Hall–Kier alpha value is -2.32. The Morgan fingerprint density at radius 2 is 2.07 bits per heavy atom. The van der Waals surface area contributed by atoms with Crippen LogP contribution in [0.5, 0.6) is 11.6 Å². The first kappa shape index (κ1) is 18.1. The van der Waals surface area contributed by atoms with Crippen molar-refractivity contribution in [2.45, 2.75) is 18.3 Å². The summed E-state index contributed by atoms with van der Waals surface area (Å²) in [5.74, 6) is 2.10. The summed E-state index contributed by atoms with van der Waals surface area (Å²) in [5.41, 5.74) is 3.40. The highest BCUT2D eigenvalue weighted by Crippen LogP contribution is 2.40. The quantitative estimate of drug-likeness (QED) is 0.572. The molecule has 0 saturated carbocycles. The number of para-hydroxylation sites is 1. The number of ether oxygens (including phenoxy) is 2. The summed E-state index contributed by atoms with van der Waals surface area (Å²) >= 11 is 5.07. The van der Waals surface area contributed by atoms with Crippen molar-refractivity contribution in [2.75, 3.05) is 18.2 Å². The number of methoxy groups -OCH3 is 1. The second-order valence-corrected chi connectivity index (χ2v) is 7.85. The fourth-order valence-corrected chi connectivity index (χ4v) is 3.90. The topological polar surface area (TPSA) is 69.2 Å². The Bertz CT molecular complexity index is 986. The Balaban J connectivity index is 1.80. The third-order valence-electron chi connectivity index (χ3n) is 4.09.